The van der Waals surface area contributed by atoms with Crippen LogP contribution in [0.4, 0.5) is 5.82 Å². The number of benzene rings is 2. The van der Waals surface area contributed by atoms with Crippen LogP contribution in [0, 0.1) is 0 Å². The average molecular weight is 470 g/mol. The van der Waals surface area contributed by atoms with Crippen LogP contribution in [0.25, 0.3) is 28.4 Å². The third-order valence-electron chi connectivity index (χ3n) is 5.59. The summed E-state index contributed by atoms with van der Waals surface area (Å²) < 4.78 is 19.0. The standard InChI is InChI=1S/C27H27N5O3/c1-3-28-24-23-26(31-27(30-24)35-18-7-11-19-9-5-4-6-10-19)32(20-13-15-21(33-2)16-14-20)25(29-23)22-12-8-17-34-22/h4-6,8-10,12-17H,3,7,11,18H2,1-2H3,(H,28,30,31). The molecule has 0 fully saturated rings. The summed E-state index contributed by atoms with van der Waals surface area (Å²) in [4.78, 5) is 14.3. The van der Waals surface area contributed by atoms with E-state index < -0.39 is 0 Å². The predicted octanol–water partition coefficient (Wildman–Crippen LogP) is 5.53. The highest BCUT2D eigenvalue weighted by Gasteiger charge is 2.22. The minimum Gasteiger partial charge on any atom is -0.497 e. The SMILES string of the molecule is CCNc1nc(OCCCc2ccccc2)nc2c1nc(-c1ccco1)n2-c1ccc(OC)cc1. The summed E-state index contributed by atoms with van der Waals surface area (Å²) in [6, 6.07) is 22.1. The molecule has 8 nitrogen and oxygen atoms in total. The number of imidazole rings is 1. The van der Waals surface area contributed by atoms with Crippen LogP contribution in [-0.2, 0) is 6.42 Å². The van der Waals surface area contributed by atoms with Crippen molar-refractivity contribution >= 4 is 17.0 Å². The molecule has 0 aliphatic carbocycles. The lowest BCUT2D eigenvalue weighted by molar-refractivity contribution is 0.288. The van der Waals surface area contributed by atoms with Crippen LogP contribution in [0.5, 0.6) is 11.8 Å². The van der Waals surface area contributed by atoms with Crippen molar-refractivity contribution in [1.82, 2.24) is 19.5 Å². The quantitative estimate of drug-likeness (QED) is 0.269. The summed E-state index contributed by atoms with van der Waals surface area (Å²) in [5.74, 6) is 2.65. The lowest BCUT2D eigenvalue weighted by Gasteiger charge is -2.11. The fourth-order valence-electron chi connectivity index (χ4n) is 3.92. The van der Waals surface area contributed by atoms with Crippen LogP contribution in [0.15, 0.2) is 77.4 Å². The van der Waals surface area contributed by atoms with E-state index in [1.54, 1.807) is 13.4 Å². The summed E-state index contributed by atoms with van der Waals surface area (Å²) in [5, 5.41) is 3.31. The van der Waals surface area contributed by atoms with Gasteiger partial charge >= 0.3 is 6.01 Å². The van der Waals surface area contributed by atoms with Crippen molar-refractivity contribution in [2.75, 3.05) is 25.6 Å². The van der Waals surface area contributed by atoms with E-state index >= 15 is 0 Å². The van der Waals surface area contributed by atoms with Gasteiger partial charge in [0.05, 0.1) is 20.0 Å². The molecule has 0 aliphatic rings. The van der Waals surface area contributed by atoms with Gasteiger partial charge in [-0.25, -0.2) is 4.98 Å². The molecule has 178 valence electrons. The molecule has 0 bridgehead atoms. The van der Waals surface area contributed by atoms with Gasteiger partial charge in [0.1, 0.15) is 5.75 Å². The van der Waals surface area contributed by atoms with Crippen molar-refractivity contribution in [3.05, 3.63) is 78.6 Å². The first-order chi connectivity index (χ1) is 17.3. The number of anilines is 1. The predicted molar refractivity (Wildman–Crippen MR) is 135 cm³/mol. The fraction of sp³-hybridized carbons (Fsp3) is 0.222. The van der Waals surface area contributed by atoms with E-state index in [4.69, 9.17) is 23.9 Å². The molecule has 2 aromatic carbocycles. The Morgan fingerprint density at radius 3 is 2.49 bits per heavy atom. The van der Waals surface area contributed by atoms with Crippen LogP contribution in [0.3, 0.4) is 0 Å². The summed E-state index contributed by atoms with van der Waals surface area (Å²) in [7, 11) is 1.65. The van der Waals surface area contributed by atoms with Crippen molar-refractivity contribution in [3.8, 4) is 29.0 Å². The maximum Gasteiger partial charge on any atom is 0.320 e. The van der Waals surface area contributed by atoms with E-state index in [0.717, 1.165) is 24.3 Å². The minimum atomic E-state index is 0.308. The molecule has 35 heavy (non-hydrogen) atoms. The lowest BCUT2D eigenvalue weighted by Crippen LogP contribution is -2.07. The van der Waals surface area contributed by atoms with Gasteiger partial charge in [0, 0.05) is 12.2 Å². The second-order valence-corrected chi connectivity index (χ2v) is 7.94. The van der Waals surface area contributed by atoms with Gasteiger partial charge in [-0.05, 0) is 61.7 Å². The van der Waals surface area contributed by atoms with Crippen LogP contribution in [0.1, 0.15) is 18.9 Å². The molecule has 0 aliphatic heterocycles. The topological polar surface area (TPSA) is 87.2 Å². The van der Waals surface area contributed by atoms with E-state index in [-0.39, 0.29) is 0 Å². The molecule has 0 saturated carbocycles. The Labute approximate surface area is 203 Å². The molecular weight excluding hydrogens is 442 g/mol. The smallest absolute Gasteiger partial charge is 0.320 e. The van der Waals surface area contributed by atoms with Crippen molar-refractivity contribution < 1.29 is 13.9 Å². The zero-order valence-electron chi connectivity index (χ0n) is 19.8. The number of aryl methyl sites for hydroxylation is 1. The van der Waals surface area contributed by atoms with E-state index in [1.165, 1.54) is 5.56 Å². The normalized spacial score (nSPS) is 11.0. The highest BCUT2D eigenvalue weighted by atomic mass is 16.5. The van der Waals surface area contributed by atoms with Gasteiger partial charge in [-0.3, -0.25) is 4.57 Å². The lowest BCUT2D eigenvalue weighted by atomic mass is 10.1. The first kappa shape index (κ1) is 22.5. The monoisotopic (exact) mass is 469 g/mol. The molecule has 0 spiro atoms. The number of furan rings is 1. The number of nitrogens with one attached hydrogen (secondary N) is 1. The Balaban J connectivity index is 1.53. The molecule has 0 radical (unpaired) electrons. The molecule has 5 aromatic rings. The largest absolute Gasteiger partial charge is 0.497 e. The second-order valence-electron chi connectivity index (χ2n) is 7.94. The van der Waals surface area contributed by atoms with Gasteiger partial charge in [0.2, 0.25) is 0 Å². The maximum atomic E-state index is 6.00. The van der Waals surface area contributed by atoms with Gasteiger partial charge in [0.15, 0.2) is 28.6 Å². The average Bonchev–Trinajstić information content (AvgIpc) is 3.56. The number of aromatic nitrogens is 4. The molecule has 0 unspecified atom stereocenters. The Morgan fingerprint density at radius 2 is 1.77 bits per heavy atom. The Kier molecular flexibility index (Phi) is 6.61. The van der Waals surface area contributed by atoms with E-state index in [0.29, 0.717) is 47.7 Å². The number of fused-ring (bicyclic) bond motifs is 1. The zero-order chi connectivity index (χ0) is 24.0. The number of hydrogen-bond donors (Lipinski definition) is 1. The van der Waals surface area contributed by atoms with Gasteiger partial charge in [-0.2, -0.15) is 9.97 Å². The Morgan fingerprint density at radius 1 is 0.943 bits per heavy atom. The number of hydrogen-bond acceptors (Lipinski definition) is 7. The Hall–Kier alpha value is -4.33. The number of rotatable bonds is 10. The molecule has 3 heterocycles. The van der Waals surface area contributed by atoms with Gasteiger partial charge in [0.25, 0.3) is 0 Å². The summed E-state index contributed by atoms with van der Waals surface area (Å²) in [6.45, 7) is 3.21. The van der Waals surface area contributed by atoms with Gasteiger partial charge < -0.3 is 19.2 Å². The van der Waals surface area contributed by atoms with Gasteiger partial charge in [-0.1, -0.05) is 30.3 Å². The van der Waals surface area contributed by atoms with Crippen molar-refractivity contribution in [2.45, 2.75) is 19.8 Å². The zero-order valence-corrected chi connectivity index (χ0v) is 19.8. The summed E-state index contributed by atoms with van der Waals surface area (Å²) in [6.07, 6.45) is 3.41. The molecule has 0 atom stereocenters. The van der Waals surface area contributed by atoms with Crippen LogP contribution in [-0.4, -0.2) is 39.8 Å². The van der Waals surface area contributed by atoms with Crippen LogP contribution >= 0.6 is 0 Å². The molecule has 1 N–H and O–H groups in total. The molecule has 0 amide bonds. The first-order valence-corrected chi connectivity index (χ1v) is 11.7. The summed E-state index contributed by atoms with van der Waals surface area (Å²) >= 11 is 0. The van der Waals surface area contributed by atoms with E-state index in [2.05, 4.69) is 22.4 Å². The van der Waals surface area contributed by atoms with Crippen LogP contribution in [0.2, 0.25) is 0 Å². The van der Waals surface area contributed by atoms with Crippen molar-refractivity contribution in [2.24, 2.45) is 0 Å². The van der Waals surface area contributed by atoms with Gasteiger partial charge in [-0.15, -0.1) is 0 Å². The van der Waals surface area contributed by atoms with Crippen molar-refractivity contribution in [3.63, 3.8) is 0 Å². The van der Waals surface area contributed by atoms with Crippen molar-refractivity contribution in [1.29, 1.82) is 0 Å². The molecule has 8 heteroatoms. The number of methoxy groups -OCH3 is 1. The minimum absolute atomic E-state index is 0.308. The fourth-order valence-corrected chi connectivity index (χ4v) is 3.92. The molecule has 0 saturated heterocycles. The van der Waals surface area contributed by atoms with E-state index in [9.17, 15) is 0 Å². The first-order valence-electron chi connectivity index (χ1n) is 11.7. The van der Waals surface area contributed by atoms with E-state index in [1.807, 2.05) is 66.1 Å². The number of nitrogens with zero attached hydrogens (tertiary/aromatic N) is 4. The summed E-state index contributed by atoms with van der Waals surface area (Å²) in [5.41, 5.74) is 3.42. The number of ether oxygens (including phenoxy) is 2. The third-order valence-corrected chi connectivity index (χ3v) is 5.59. The third kappa shape index (κ3) is 4.82. The molecular formula is C27H27N5O3. The molecule has 3 aromatic heterocycles. The maximum absolute atomic E-state index is 6.00. The highest BCUT2D eigenvalue weighted by Crippen LogP contribution is 2.32. The van der Waals surface area contributed by atoms with Crippen LogP contribution < -0.4 is 14.8 Å². The molecule has 5 rings (SSSR count). The Bertz CT molecular complexity index is 1380. The second kappa shape index (κ2) is 10.3. The highest BCUT2D eigenvalue weighted by molar-refractivity contribution is 5.88.